The van der Waals surface area contributed by atoms with Gasteiger partial charge < -0.3 is 10.1 Å². The third-order valence-corrected chi connectivity index (χ3v) is 3.83. The third-order valence-electron chi connectivity index (χ3n) is 3.83. The highest BCUT2D eigenvalue weighted by Crippen LogP contribution is 2.13. The Hall–Kier alpha value is -1.10. The first-order valence-electron chi connectivity index (χ1n) is 7.34. The molecule has 0 amide bonds. The van der Waals surface area contributed by atoms with Crippen molar-refractivity contribution in [3.05, 3.63) is 35.9 Å². The van der Waals surface area contributed by atoms with Gasteiger partial charge in [-0.05, 0) is 31.5 Å². The summed E-state index contributed by atoms with van der Waals surface area (Å²) in [6.07, 6.45) is 2.75. The molecule has 0 saturated carbocycles. The summed E-state index contributed by atoms with van der Waals surface area (Å²) >= 11 is 0. The molecule has 1 aromatic carbocycles. The van der Waals surface area contributed by atoms with Crippen LogP contribution < -0.4 is 5.32 Å². The lowest BCUT2D eigenvalue weighted by Crippen LogP contribution is -2.42. The van der Waals surface area contributed by atoms with Gasteiger partial charge >= 0.3 is 5.97 Å². The van der Waals surface area contributed by atoms with Gasteiger partial charge in [0.05, 0.1) is 13.5 Å². The smallest absolute Gasteiger partial charge is 0.306 e. The Labute approximate surface area is 133 Å². The van der Waals surface area contributed by atoms with E-state index in [4.69, 9.17) is 0 Å². The number of methoxy groups -OCH3 is 1. The number of halogens is 1. The average Bonchev–Trinajstić information content (AvgIpc) is 2.50. The summed E-state index contributed by atoms with van der Waals surface area (Å²) in [6.45, 7) is 3.99. The lowest BCUT2D eigenvalue weighted by atomic mass is 10.0. The molecule has 1 aromatic rings. The predicted molar refractivity (Wildman–Crippen MR) is 86.6 cm³/mol. The Morgan fingerprint density at radius 2 is 1.95 bits per heavy atom. The molecule has 1 fully saturated rings. The van der Waals surface area contributed by atoms with Crippen molar-refractivity contribution < 1.29 is 9.53 Å². The molecule has 1 aliphatic rings. The van der Waals surface area contributed by atoms with E-state index < -0.39 is 0 Å². The van der Waals surface area contributed by atoms with Gasteiger partial charge in [0, 0.05) is 19.1 Å². The van der Waals surface area contributed by atoms with Crippen molar-refractivity contribution >= 4 is 18.4 Å². The first-order chi connectivity index (χ1) is 9.78. The number of carbonyl (C=O) groups excluding carboxylic acids is 1. The third kappa shape index (κ3) is 6.46. The molecule has 1 saturated heterocycles. The molecule has 118 valence electrons. The molecule has 4 nitrogen and oxygen atoms in total. The number of carbonyl (C=O) groups is 1. The minimum atomic E-state index is -0.140. The van der Waals surface area contributed by atoms with Crippen LogP contribution in [0.4, 0.5) is 0 Å². The second-order valence-electron chi connectivity index (χ2n) is 5.32. The molecule has 0 unspecified atom stereocenters. The number of benzene rings is 1. The number of hydrogen-bond donors (Lipinski definition) is 1. The minimum absolute atomic E-state index is 0. The van der Waals surface area contributed by atoms with Crippen molar-refractivity contribution in [2.24, 2.45) is 0 Å². The van der Waals surface area contributed by atoms with Gasteiger partial charge in [-0.2, -0.15) is 0 Å². The fraction of sp³-hybridized carbons (Fsp3) is 0.562. The van der Waals surface area contributed by atoms with Crippen molar-refractivity contribution in [2.45, 2.75) is 31.8 Å². The van der Waals surface area contributed by atoms with E-state index in [0.717, 1.165) is 39.0 Å². The van der Waals surface area contributed by atoms with Crippen molar-refractivity contribution in [3.63, 3.8) is 0 Å². The SMILES string of the molecule is COC(=O)CCNC1CCN(Cc2ccccc2)CC1.Cl. The van der Waals surface area contributed by atoms with E-state index in [1.165, 1.54) is 12.7 Å². The summed E-state index contributed by atoms with van der Waals surface area (Å²) in [7, 11) is 1.43. The number of likely N-dealkylation sites (tertiary alicyclic amines) is 1. The van der Waals surface area contributed by atoms with Crippen LogP contribution in [0.2, 0.25) is 0 Å². The van der Waals surface area contributed by atoms with Crippen molar-refractivity contribution in [1.82, 2.24) is 10.2 Å². The summed E-state index contributed by atoms with van der Waals surface area (Å²) in [5.74, 6) is -0.140. The minimum Gasteiger partial charge on any atom is -0.469 e. The molecule has 21 heavy (non-hydrogen) atoms. The molecule has 0 aliphatic carbocycles. The van der Waals surface area contributed by atoms with Gasteiger partial charge in [-0.15, -0.1) is 12.4 Å². The second-order valence-corrected chi connectivity index (χ2v) is 5.32. The van der Waals surface area contributed by atoms with E-state index in [9.17, 15) is 4.79 Å². The lowest BCUT2D eigenvalue weighted by Gasteiger charge is -2.32. The average molecular weight is 313 g/mol. The van der Waals surface area contributed by atoms with Crippen LogP contribution in [0, 0.1) is 0 Å². The fourth-order valence-electron chi connectivity index (χ4n) is 2.62. The highest BCUT2D eigenvalue weighted by atomic mass is 35.5. The van der Waals surface area contributed by atoms with E-state index in [0.29, 0.717) is 12.5 Å². The first kappa shape index (κ1) is 18.0. The van der Waals surface area contributed by atoms with Crippen LogP contribution in [-0.2, 0) is 16.1 Å². The van der Waals surface area contributed by atoms with E-state index in [1.807, 2.05) is 0 Å². The van der Waals surface area contributed by atoms with Crippen LogP contribution in [0.5, 0.6) is 0 Å². The Morgan fingerprint density at radius 1 is 1.29 bits per heavy atom. The summed E-state index contributed by atoms with van der Waals surface area (Å²) in [5, 5.41) is 3.44. The zero-order chi connectivity index (χ0) is 14.2. The van der Waals surface area contributed by atoms with Gasteiger partial charge in [0.15, 0.2) is 0 Å². The Kier molecular flexibility index (Phi) is 8.35. The molecule has 0 radical (unpaired) electrons. The summed E-state index contributed by atoms with van der Waals surface area (Å²) in [4.78, 5) is 13.5. The molecule has 1 heterocycles. The number of nitrogens with one attached hydrogen (secondary N) is 1. The van der Waals surface area contributed by atoms with E-state index in [-0.39, 0.29) is 18.4 Å². The van der Waals surface area contributed by atoms with Crippen LogP contribution in [0.25, 0.3) is 0 Å². The largest absolute Gasteiger partial charge is 0.469 e. The molecule has 1 aliphatic heterocycles. The highest BCUT2D eigenvalue weighted by molar-refractivity contribution is 5.85. The molecule has 1 N–H and O–H groups in total. The highest BCUT2D eigenvalue weighted by Gasteiger charge is 2.18. The number of esters is 1. The fourth-order valence-corrected chi connectivity index (χ4v) is 2.62. The molecule has 5 heteroatoms. The maximum atomic E-state index is 11.0. The van der Waals surface area contributed by atoms with Crippen molar-refractivity contribution in [2.75, 3.05) is 26.7 Å². The van der Waals surface area contributed by atoms with E-state index >= 15 is 0 Å². The van der Waals surface area contributed by atoms with Crippen LogP contribution in [0.15, 0.2) is 30.3 Å². The molecule has 2 rings (SSSR count). The lowest BCUT2D eigenvalue weighted by molar-refractivity contribution is -0.140. The maximum Gasteiger partial charge on any atom is 0.306 e. The molecule has 0 aromatic heterocycles. The normalized spacial score (nSPS) is 16.2. The first-order valence-corrected chi connectivity index (χ1v) is 7.34. The second kappa shape index (κ2) is 9.77. The number of piperidine rings is 1. The number of ether oxygens (including phenoxy) is 1. The summed E-state index contributed by atoms with van der Waals surface area (Å²) in [6, 6.07) is 11.1. The van der Waals surface area contributed by atoms with Crippen LogP contribution in [0.3, 0.4) is 0 Å². The monoisotopic (exact) mass is 312 g/mol. The molecular formula is C16H25ClN2O2. The van der Waals surface area contributed by atoms with Crippen LogP contribution >= 0.6 is 12.4 Å². The van der Waals surface area contributed by atoms with Crippen LogP contribution in [0.1, 0.15) is 24.8 Å². The van der Waals surface area contributed by atoms with Gasteiger partial charge in [0.2, 0.25) is 0 Å². The predicted octanol–water partition coefficient (Wildman–Crippen LogP) is 2.23. The van der Waals surface area contributed by atoms with Gasteiger partial charge in [-0.1, -0.05) is 30.3 Å². The Bertz CT molecular complexity index is 406. The van der Waals surface area contributed by atoms with Crippen molar-refractivity contribution in [1.29, 1.82) is 0 Å². The summed E-state index contributed by atoms with van der Waals surface area (Å²) < 4.78 is 4.64. The molecular weight excluding hydrogens is 288 g/mol. The van der Waals surface area contributed by atoms with E-state index in [2.05, 4.69) is 45.3 Å². The zero-order valence-electron chi connectivity index (χ0n) is 12.6. The quantitative estimate of drug-likeness (QED) is 0.818. The standard InChI is InChI=1S/C16H24N2O2.ClH/c1-20-16(19)7-10-17-15-8-11-18(12-9-15)13-14-5-3-2-4-6-14;/h2-6,15,17H,7-13H2,1H3;1H. The number of nitrogens with zero attached hydrogens (tertiary/aromatic N) is 1. The number of hydrogen-bond acceptors (Lipinski definition) is 4. The summed E-state index contributed by atoms with van der Waals surface area (Å²) in [5.41, 5.74) is 1.38. The Balaban J connectivity index is 0.00000220. The molecule has 0 bridgehead atoms. The molecule has 0 atom stereocenters. The van der Waals surface area contributed by atoms with Gasteiger partial charge in [0.25, 0.3) is 0 Å². The van der Waals surface area contributed by atoms with Gasteiger partial charge in [0.1, 0.15) is 0 Å². The number of rotatable bonds is 6. The van der Waals surface area contributed by atoms with Crippen LogP contribution in [-0.4, -0.2) is 43.7 Å². The van der Waals surface area contributed by atoms with Gasteiger partial charge in [-0.3, -0.25) is 9.69 Å². The van der Waals surface area contributed by atoms with E-state index in [1.54, 1.807) is 0 Å². The van der Waals surface area contributed by atoms with Crippen molar-refractivity contribution in [3.8, 4) is 0 Å². The topological polar surface area (TPSA) is 41.6 Å². The Morgan fingerprint density at radius 3 is 2.57 bits per heavy atom. The zero-order valence-corrected chi connectivity index (χ0v) is 13.4. The van der Waals surface area contributed by atoms with Gasteiger partial charge in [-0.25, -0.2) is 0 Å². The molecule has 0 spiro atoms. The maximum absolute atomic E-state index is 11.0.